The molecule has 0 radical (unpaired) electrons. The normalized spacial score (nSPS) is 23.2. The predicted molar refractivity (Wildman–Crippen MR) is 111 cm³/mol. The van der Waals surface area contributed by atoms with Gasteiger partial charge in [0, 0.05) is 23.5 Å². The molecule has 160 valence electrons. The Bertz CT molecular complexity index is 679. The zero-order valence-corrected chi connectivity index (χ0v) is 17.5. The van der Waals surface area contributed by atoms with Crippen molar-refractivity contribution in [2.45, 2.75) is 82.8 Å². The van der Waals surface area contributed by atoms with Gasteiger partial charge in [-0.2, -0.15) is 0 Å². The van der Waals surface area contributed by atoms with Crippen molar-refractivity contribution in [3.8, 4) is 0 Å². The van der Waals surface area contributed by atoms with E-state index in [1.54, 1.807) is 0 Å². The first-order chi connectivity index (χ1) is 12.9. The highest BCUT2D eigenvalue weighted by atomic mass is 16.4. The van der Waals surface area contributed by atoms with Crippen LogP contribution in [0, 0.1) is 0 Å². The largest absolute Gasteiger partial charge is 0.398 e. The SMILES string of the molecule is CC(C)c1cc2c(cc1N)C(C)CC(C)(C)N2CC(O)C(O)C(O)C(O)CO. The van der Waals surface area contributed by atoms with Gasteiger partial charge in [-0.15, -0.1) is 0 Å². The molecule has 1 aromatic rings. The fourth-order valence-electron chi connectivity index (χ4n) is 4.27. The lowest BCUT2D eigenvalue weighted by atomic mass is 9.78. The van der Waals surface area contributed by atoms with Crippen LogP contribution in [0.15, 0.2) is 12.1 Å². The Labute approximate surface area is 167 Å². The van der Waals surface area contributed by atoms with Gasteiger partial charge in [-0.1, -0.05) is 20.8 Å². The highest BCUT2D eigenvalue weighted by molar-refractivity contribution is 5.68. The number of nitrogens with zero attached hydrogens (tertiary/aromatic N) is 1. The van der Waals surface area contributed by atoms with Crippen molar-refractivity contribution < 1.29 is 25.5 Å². The number of benzene rings is 1. The summed E-state index contributed by atoms with van der Waals surface area (Å²) in [5, 5.41) is 49.3. The molecule has 5 atom stereocenters. The summed E-state index contributed by atoms with van der Waals surface area (Å²) in [7, 11) is 0. The van der Waals surface area contributed by atoms with Crippen molar-refractivity contribution in [1.29, 1.82) is 0 Å². The average molecular weight is 397 g/mol. The van der Waals surface area contributed by atoms with Gasteiger partial charge in [0.2, 0.25) is 0 Å². The second-order valence-electron chi connectivity index (χ2n) is 9.02. The molecule has 5 unspecified atom stereocenters. The van der Waals surface area contributed by atoms with E-state index in [1.807, 2.05) is 11.0 Å². The van der Waals surface area contributed by atoms with Crippen LogP contribution >= 0.6 is 0 Å². The monoisotopic (exact) mass is 396 g/mol. The average Bonchev–Trinajstić information content (AvgIpc) is 2.62. The van der Waals surface area contributed by atoms with E-state index >= 15 is 0 Å². The Morgan fingerprint density at radius 2 is 1.68 bits per heavy atom. The number of anilines is 2. The maximum atomic E-state index is 10.6. The first-order valence-corrected chi connectivity index (χ1v) is 9.94. The van der Waals surface area contributed by atoms with E-state index < -0.39 is 31.0 Å². The summed E-state index contributed by atoms with van der Waals surface area (Å²) in [5.41, 5.74) is 9.81. The fourth-order valence-corrected chi connectivity index (χ4v) is 4.27. The van der Waals surface area contributed by atoms with Crippen LogP contribution in [0.4, 0.5) is 11.4 Å². The lowest BCUT2D eigenvalue weighted by Crippen LogP contribution is -2.55. The molecule has 7 N–H and O–H groups in total. The molecule has 1 heterocycles. The minimum Gasteiger partial charge on any atom is -0.398 e. The zero-order chi connectivity index (χ0) is 21.4. The van der Waals surface area contributed by atoms with Crippen LogP contribution in [0.2, 0.25) is 0 Å². The molecule has 7 nitrogen and oxygen atoms in total. The summed E-state index contributed by atoms with van der Waals surface area (Å²) in [6.07, 6.45) is -5.20. The van der Waals surface area contributed by atoms with Crippen LogP contribution < -0.4 is 10.6 Å². The van der Waals surface area contributed by atoms with Crippen molar-refractivity contribution in [1.82, 2.24) is 0 Å². The lowest BCUT2D eigenvalue weighted by Gasteiger charge is -2.49. The molecule has 1 aliphatic rings. The number of hydrogen-bond donors (Lipinski definition) is 6. The molecule has 0 amide bonds. The Morgan fingerprint density at radius 1 is 1.11 bits per heavy atom. The number of fused-ring (bicyclic) bond motifs is 1. The maximum Gasteiger partial charge on any atom is 0.111 e. The van der Waals surface area contributed by atoms with Crippen LogP contribution in [0.3, 0.4) is 0 Å². The Hall–Kier alpha value is -1.38. The Balaban J connectivity index is 2.40. The van der Waals surface area contributed by atoms with E-state index in [2.05, 4.69) is 40.7 Å². The first-order valence-electron chi connectivity index (χ1n) is 9.94. The van der Waals surface area contributed by atoms with E-state index in [9.17, 15) is 20.4 Å². The van der Waals surface area contributed by atoms with Crippen LogP contribution in [0.1, 0.15) is 64.0 Å². The van der Waals surface area contributed by atoms with Gasteiger partial charge < -0.3 is 36.2 Å². The summed E-state index contributed by atoms with van der Waals surface area (Å²) >= 11 is 0. The topological polar surface area (TPSA) is 130 Å². The second kappa shape index (κ2) is 8.55. The summed E-state index contributed by atoms with van der Waals surface area (Å²) in [6, 6.07) is 4.07. The predicted octanol–water partition coefficient (Wildman–Crippen LogP) is 0.920. The van der Waals surface area contributed by atoms with Gasteiger partial charge in [0.05, 0.1) is 12.7 Å². The molecular formula is C21H36N2O5. The molecule has 0 spiro atoms. The Kier molecular flexibility index (Phi) is 6.99. The molecule has 0 bridgehead atoms. The number of aliphatic hydroxyl groups excluding tert-OH is 5. The van der Waals surface area contributed by atoms with Gasteiger partial charge in [-0.3, -0.25) is 0 Å². The summed E-state index contributed by atoms with van der Waals surface area (Å²) in [5.74, 6) is 0.526. The third-order valence-electron chi connectivity index (χ3n) is 5.91. The van der Waals surface area contributed by atoms with Crippen molar-refractivity contribution in [2.75, 3.05) is 23.8 Å². The van der Waals surface area contributed by atoms with Gasteiger partial charge in [-0.25, -0.2) is 0 Å². The van der Waals surface area contributed by atoms with Gasteiger partial charge in [-0.05, 0) is 55.4 Å². The minimum absolute atomic E-state index is 0.0740. The number of hydrogen-bond acceptors (Lipinski definition) is 7. The molecular weight excluding hydrogens is 360 g/mol. The number of rotatable bonds is 7. The Morgan fingerprint density at radius 3 is 2.21 bits per heavy atom. The van der Waals surface area contributed by atoms with Crippen molar-refractivity contribution in [3.05, 3.63) is 23.3 Å². The quantitative estimate of drug-likeness (QED) is 0.378. The molecule has 1 aromatic carbocycles. The van der Waals surface area contributed by atoms with E-state index in [4.69, 9.17) is 10.8 Å². The van der Waals surface area contributed by atoms with Gasteiger partial charge >= 0.3 is 0 Å². The standard InChI is InChI=1S/C21H36N2O5/c1-11(2)13-7-16-14(6-15(13)22)12(3)8-21(4,5)23(16)9-17(25)19(27)20(28)18(26)10-24/h6-7,11-12,17-20,24-28H,8-10,22H2,1-5H3. The third-order valence-corrected chi connectivity index (χ3v) is 5.91. The zero-order valence-electron chi connectivity index (χ0n) is 17.5. The van der Waals surface area contributed by atoms with Crippen molar-refractivity contribution >= 4 is 11.4 Å². The molecule has 2 rings (SSSR count). The molecule has 1 aliphatic heterocycles. The molecule has 0 saturated carbocycles. The highest BCUT2D eigenvalue weighted by Crippen LogP contribution is 2.46. The van der Waals surface area contributed by atoms with Crippen molar-refractivity contribution in [2.24, 2.45) is 0 Å². The summed E-state index contributed by atoms with van der Waals surface area (Å²) in [4.78, 5) is 2.04. The molecule has 28 heavy (non-hydrogen) atoms. The number of nitrogen functional groups attached to an aromatic ring is 1. The fraction of sp³-hybridized carbons (Fsp3) is 0.714. The smallest absolute Gasteiger partial charge is 0.111 e. The number of aliphatic hydroxyl groups is 5. The summed E-state index contributed by atoms with van der Waals surface area (Å²) in [6.45, 7) is 9.84. The minimum atomic E-state index is -1.64. The van der Waals surface area contributed by atoms with Gasteiger partial charge in [0.25, 0.3) is 0 Å². The summed E-state index contributed by atoms with van der Waals surface area (Å²) < 4.78 is 0. The van der Waals surface area contributed by atoms with Gasteiger partial charge in [0.15, 0.2) is 0 Å². The molecule has 0 fully saturated rings. The van der Waals surface area contributed by atoms with E-state index in [-0.39, 0.29) is 23.9 Å². The van der Waals surface area contributed by atoms with Crippen molar-refractivity contribution in [3.63, 3.8) is 0 Å². The first kappa shape index (κ1) is 22.9. The molecule has 0 aromatic heterocycles. The maximum absolute atomic E-state index is 10.6. The molecule has 0 aliphatic carbocycles. The van der Waals surface area contributed by atoms with E-state index in [0.29, 0.717) is 0 Å². The second-order valence-corrected chi connectivity index (χ2v) is 9.02. The van der Waals surface area contributed by atoms with Crippen LogP contribution in [-0.2, 0) is 0 Å². The highest BCUT2D eigenvalue weighted by Gasteiger charge is 2.40. The van der Waals surface area contributed by atoms with E-state index in [1.165, 1.54) is 0 Å². The number of β-amino-alcohol motifs (C(OH)–C–C–N with tert-alkyl or cyclic N) is 1. The van der Waals surface area contributed by atoms with Crippen LogP contribution in [-0.4, -0.2) is 68.6 Å². The van der Waals surface area contributed by atoms with Crippen LogP contribution in [0.5, 0.6) is 0 Å². The lowest BCUT2D eigenvalue weighted by molar-refractivity contribution is -0.113. The van der Waals surface area contributed by atoms with E-state index in [0.717, 1.165) is 28.9 Å². The number of nitrogens with two attached hydrogens (primary N) is 1. The molecule has 7 heteroatoms. The third kappa shape index (κ3) is 4.44. The van der Waals surface area contributed by atoms with Gasteiger partial charge in [0.1, 0.15) is 18.3 Å². The molecule has 0 saturated heterocycles. The van der Waals surface area contributed by atoms with Crippen LogP contribution in [0.25, 0.3) is 0 Å².